The molecule has 29 heavy (non-hydrogen) atoms. The zero-order valence-electron chi connectivity index (χ0n) is 17.4. The molecule has 2 aliphatic heterocycles. The van der Waals surface area contributed by atoms with Gasteiger partial charge in [0.1, 0.15) is 6.61 Å². The third-order valence-corrected chi connectivity index (χ3v) is 5.40. The van der Waals surface area contributed by atoms with Crippen LogP contribution in [0.4, 0.5) is 4.79 Å². The summed E-state index contributed by atoms with van der Waals surface area (Å²) in [7, 11) is 0. The molecular formula is C21H32N4O4. The third kappa shape index (κ3) is 5.76. The SMILES string of the molecule is CCN(CC)C(=O)CN1CCCN(C(=O)NCC2COc3ccccc3O2)CC1. The highest BCUT2D eigenvalue weighted by Gasteiger charge is 2.24. The number of carbonyl (C=O) groups excluding carboxylic acids is 2. The van der Waals surface area contributed by atoms with E-state index >= 15 is 0 Å². The molecule has 8 heteroatoms. The molecule has 1 aromatic carbocycles. The van der Waals surface area contributed by atoms with E-state index in [1.165, 1.54) is 0 Å². The maximum atomic E-state index is 12.6. The first kappa shape index (κ1) is 21.2. The van der Waals surface area contributed by atoms with Crippen LogP contribution in [0.3, 0.4) is 0 Å². The lowest BCUT2D eigenvalue weighted by atomic mass is 10.2. The van der Waals surface area contributed by atoms with Crippen LogP contribution in [0, 0.1) is 0 Å². The van der Waals surface area contributed by atoms with Crippen molar-refractivity contribution in [1.82, 2.24) is 20.0 Å². The molecule has 3 rings (SSSR count). The Hall–Kier alpha value is -2.48. The number of hydrogen-bond acceptors (Lipinski definition) is 5. The van der Waals surface area contributed by atoms with Gasteiger partial charge in [0.15, 0.2) is 17.6 Å². The quantitative estimate of drug-likeness (QED) is 0.776. The lowest BCUT2D eigenvalue weighted by Crippen LogP contribution is -2.47. The number of nitrogens with one attached hydrogen (secondary N) is 1. The van der Waals surface area contributed by atoms with Crippen molar-refractivity contribution in [3.8, 4) is 11.5 Å². The molecule has 0 saturated carbocycles. The zero-order chi connectivity index (χ0) is 20.6. The molecule has 2 aliphatic rings. The highest BCUT2D eigenvalue weighted by atomic mass is 16.6. The van der Waals surface area contributed by atoms with Gasteiger partial charge in [-0.2, -0.15) is 0 Å². The summed E-state index contributed by atoms with van der Waals surface area (Å²) in [6, 6.07) is 7.45. The van der Waals surface area contributed by atoms with Gasteiger partial charge in [-0.1, -0.05) is 12.1 Å². The first-order valence-electron chi connectivity index (χ1n) is 10.5. The second-order valence-corrected chi connectivity index (χ2v) is 7.37. The first-order chi connectivity index (χ1) is 14.1. The number of nitrogens with zero attached hydrogens (tertiary/aromatic N) is 3. The van der Waals surface area contributed by atoms with E-state index in [0.717, 1.165) is 31.8 Å². The Balaban J connectivity index is 1.42. The largest absolute Gasteiger partial charge is 0.486 e. The summed E-state index contributed by atoms with van der Waals surface area (Å²) in [5.41, 5.74) is 0. The molecule has 1 fully saturated rings. The summed E-state index contributed by atoms with van der Waals surface area (Å²) >= 11 is 0. The maximum Gasteiger partial charge on any atom is 0.317 e. The van der Waals surface area contributed by atoms with E-state index in [-0.39, 0.29) is 18.0 Å². The van der Waals surface area contributed by atoms with Crippen molar-refractivity contribution in [2.75, 3.05) is 59.0 Å². The molecule has 8 nitrogen and oxygen atoms in total. The van der Waals surface area contributed by atoms with Gasteiger partial charge in [-0.3, -0.25) is 9.69 Å². The Labute approximate surface area is 172 Å². The second-order valence-electron chi connectivity index (χ2n) is 7.37. The van der Waals surface area contributed by atoms with E-state index in [2.05, 4.69) is 10.2 Å². The van der Waals surface area contributed by atoms with Crippen LogP contribution in [-0.4, -0.2) is 91.7 Å². The van der Waals surface area contributed by atoms with Gasteiger partial charge in [-0.15, -0.1) is 0 Å². The third-order valence-electron chi connectivity index (χ3n) is 5.40. The zero-order valence-corrected chi connectivity index (χ0v) is 17.4. The van der Waals surface area contributed by atoms with E-state index in [4.69, 9.17) is 9.47 Å². The lowest BCUT2D eigenvalue weighted by molar-refractivity contribution is -0.132. The van der Waals surface area contributed by atoms with Crippen molar-refractivity contribution in [3.05, 3.63) is 24.3 Å². The molecule has 0 radical (unpaired) electrons. The number of benzene rings is 1. The molecule has 2 heterocycles. The summed E-state index contributed by atoms with van der Waals surface area (Å²) in [6.07, 6.45) is 0.652. The minimum Gasteiger partial charge on any atom is -0.486 e. The van der Waals surface area contributed by atoms with E-state index in [1.54, 1.807) is 0 Å². The first-order valence-corrected chi connectivity index (χ1v) is 10.5. The number of amides is 3. The monoisotopic (exact) mass is 404 g/mol. The van der Waals surface area contributed by atoms with Gasteiger partial charge in [-0.25, -0.2) is 4.79 Å². The van der Waals surface area contributed by atoms with Crippen molar-refractivity contribution in [1.29, 1.82) is 0 Å². The van der Waals surface area contributed by atoms with Gasteiger partial charge in [0.05, 0.1) is 13.1 Å². The van der Waals surface area contributed by atoms with Crippen molar-refractivity contribution in [2.45, 2.75) is 26.4 Å². The summed E-state index contributed by atoms with van der Waals surface area (Å²) in [5, 5.41) is 2.96. The number of urea groups is 1. The highest BCUT2D eigenvalue weighted by Crippen LogP contribution is 2.30. The fourth-order valence-electron chi connectivity index (χ4n) is 3.68. The predicted octanol–water partition coefficient (Wildman–Crippen LogP) is 1.41. The maximum absolute atomic E-state index is 12.6. The molecule has 1 saturated heterocycles. The number of fused-ring (bicyclic) bond motifs is 1. The Kier molecular flexibility index (Phi) is 7.57. The van der Waals surface area contributed by atoms with Crippen LogP contribution in [0.2, 0.25) is 0 Å². The minimum atomic E-state index is -0.205. The second kappa shape index (κ2) is 10.3. The smallest absolute Gasteiger partial charge is 0.317 e. The van der Waals surface area contributed by atoms with Crippen molar-refractivity contribution >= 4 is 11.9 Å². The van der Waals surface area contributed by atoms with Crippen LogP contribution in [0.25, 0.3) is 0 Å². The molecule has 1 aromatic rings. The molecule has 0 aliphatic carbocycles. The molecular weight excluding hydrogens is 372 g/mol. The average Bonchev–Trinajstić information content (AvgIpc) is 2.98. The van der Waals surface area contributed by atoms with Crippen molar-refractivity contribution < 1.29 is 19.1 Å². The minimum absolute atomic E-state index is 0.0932. The van der Waals surface area contributed by atoms with Crippen molar-refractivity contribution in [3.63, 3.8) is 0 Å². The predicted molar refractivity (Wildman–Crippen MR) is 110 cm³/mol. The molecule has 160 valence electrons. The van der Waals surface area contributed by atoms with E-state index < -0.39 is 0 Å². The highest BCUT2D eigenvalue weighted by molar-refractivity contribution is 5.78. The molecule has 1 atom stereocenters. The van der Waals surface area contributed by atoms with E-state index in [9.17, 15) is 9.59 Å². The average molecular weight is 405 g/mol. The lowest BCUT2D eigenvalue weighted by Gasteiger charge is -2.28. The number of ether oxygens (including phenoxy) is 2. The molecule has 1 N–H and O–H groups in total. The van der Waals surface area contributed by atoms with Crippen LogP contribution >= 0.6 is 0 Å². The fourth-order valence-corrected chi connectivity index (χ4v) is 3.68. The normalized spacial score (nSPS) is 19.4. The molecule has 0 spiro atoms. The van der Waals surface area contributed by atoms with Crippen LogP contribution in [0.1, 0.15) is 20.3 Å². The number of rotatable bonds is 6. The summed E-state index contributed by atoms with van der Waals surface area (Å²) in [5.74, 6) is 1.60. The van der Waals surface area contributed by atoms with Gasteiger partial charge >= 0.3 is 6.03 Å². The fraction of sp³-hybridized carbons (Fsp3) is 0.619. The topological polar surface area (TPSA) is 74.4 Å². The Bertz CT molecular complexity index is 695. The molecule has 3 amide bonds. The van der Waals surface area contributed by atoms with Gasteiger partial charge in [0, 0.05) is 39.3 Å². The summed E-state index contributed by atoms with van der Waals surface area (Å²) in [6.45, 7) is 9.52. The van der Waals surface area contributed by atoms with Crippen LogP contribution in [-0.2, 0) is 4.79 Å². The van der Waals surface area contributed by atoms with Gasteiger partial charge in [0.2, 0.25) is 5.91 Å². The Morgan fingerprint density at radius 3 is 2.62 bits per heavy atom. The number of hydrogen-bond donors (Lipinski definition) is 1. The van der Waals surface area contributed by atoms with Gasteiger partial charge in [-0.05, 0) is 32.4 Å². The van der Waals surface area contributed by atoms with Crippen molar-refractivity contribution in [2.24, 2.45) is 0 Å². The summed E-state index contributed by atoms with van der Waals surface area (Å²) in [4.78, 5) is 30.7. The van der Waals surface area contributed by atoms with Gasteiger partial charge in [0.25, 0.3) is 0 Å². The standard InChI is InChI=1S/C21H32N4O4/c1-3-24(4-2)20(26)15-23-10-7-11-25(13-12-23)21(27)22-14-17-16-28-18-8-5-6-9-19(18)29-17/h5-6,8-9,17H,3-4,7,10-16H2,1-2H3,(H,22,27). The number of carbonyl (C=O) groups is 2. The molecule has 0 bridgehead atoms. The van der Waals surface area contributed by atoms with Crippen LogP contribution < -0.4 is 14.8 Å². The van der Waals surface area contributed by atoms with E-state index in [1.807, 2.05) is 47.9 Å². The van der Waals surface area contributed by atoms with Crippen LogP contribution in [0.5, 0.6) is 11.5 Å². The number of likely N-dealkylation sites (N-methyl/N-ethyl adjacent to an activating group) is 1. The van der Waals surface area contributed by atoms with Crippen LogP contribution in [0.15, 0.2) is 24.3 Å². The Morgan fingerprint density at radius 1 is 1.10 bits per heavy atom. The van der Waals surface area contributed by atoms with Gasteiger partial charge < -0.3 is 24.6 Å². The number of para-hydroxylation sites is 2. The molecule has 0 aromatic heterocycles. The summed E-state index contributed by atoms with van der Waals surface area (Å²) < 4.78 is 11.6. The molecule has 1 unspecified atom stereocenters. The van der Waals surface area contributed by atoms with E-state index in [0.29, 0.717) is 45.1 Å². The Morgan fingerprint density at radius 2 is 1.86 bits per heavy atom.